The lowest BCUT2D eigenvalue weighted by atomic mass is 9.78. The highest BCUT2D eigenvalue weighted by Crippen LogP contribution is 2.47. The van der Waals surface area contributed by atoms with Crippen LogP contribution in [0.2, 0.25) is 0 Å². The number of carbonyl (C=O) groups is 2. The highest BCUT2D eigenvalue weighted by molar-refractivity contribution is 14.1. The van der Waals surface area contributed by atoms with Gasteiger partial charge in [-0.2, -0.15) is 5.26 Å². The maximum absolute atomic E-state index is 12.5. The summed E-state index contributed by atoms with van der Waals surface area (Å²) >= 11 is 2.19. The highest BCUT2D eigenvalue weighted by Gasteiger charge is 2.59. The summed E-state index contributed by atoms with van der Waals surface area (Å²) in [7, 11) is 0. The maximum atomic E-state index is 12.5. The Hall–Kier alpha value is -2.91. The van der Waals surface area contributed by atoms with Gasteiger partial charge in [-0.3, -0.25) is 4.79 Å². The van der Waals surface area contributed by atoms with E-state index in [1.807, 2.05) is 53.0 Å². The van der Waals surface area contributed by atoms with Gasteiger partial charge < -0.3 is 19.8 Å². The fourth-order valence-corrected chi connectivity index (χ4v) is 5.54. The smallest absolute Gasteiger partial charge is 0.352 e. The van der Waals surface area contributed by atoms with Gasteiger partial charge in [0.05, 0.1) is 34.1 Å². The lowest BCUT2D eigenvalue weighted by Gasteiger charge is -2.46. The number of ether oxygens (including phenoxy) is 1. The van der Waals surface area contributed by atoms with E-state index >= 15 is 0 Å². The molecule has 1 fully saturated rings. The molecule has 34 heavy (non-hydrogen) atoms. The molecule has 9 nitrogen and oxygen atoms in total. The van der Waals surface area contributed by atoms with Gasteiger partial charge in [-0.1, -0.05) is 13.0 Å². The molecule has 0 radical (unpaired) electrons. The van der Waals surface area contributed by atoms with E-state index in [4.69, 9.17) is 10.00 Å². The van der Waals surface area contributed by atoms with Crippen molar-refractivity contribution in [3.63, 3.8) is 0 Å². The first-order valence-corrected chi connectivity index (χ1v) is 12.1. The van der Waals surface area contributed by atoms with Crippen LogP contribution in [0.3, 0.4) is 0 Å². The summed E-state index contributed by atoms with van der Waals surface area (Å²) in [5.41, 5.74) is 1.61. The second-order valence-corrected chi connectivity index (χ2v) is 9.88. The number of aromatic nitrogens is 2. The number of carbonyl (C=O) groups excluding carboxylic acids is 1. The van der Waals surface area contributed by atoms with Crippen molar-refractivity contribution in [2.24, 2.45) is 11.8 Å². The molecule has 4 rings (SSSR count). The Bertz CT molecular complexity index is 1200. The molecule has 1 aromatic heterocycles. The number of carboxylic acid groups (broad SMARTS) is 1. The Morgan fingerprint density at radius 3 is 2.82 bits per heavy atom. The monoisotopic (exact) mass is 577 g/mol. The van der Waals surface area contributed by atoms with E-state index in [2.05, 4.69) is 28.7 Å². The van der Waals surface area contributed by atoms with Crippen molar-refractivity contribution in [2.75, 3.05) is 6.61 Å². The molecule has 178 valence electrons. The zero-order chi connectivity index (χ0) is 24.6. The summed E-state index contributed by atoms with van der Waals surface area (Å²) in [6, 6.07) is 7.63. The molecule has 2 N–H and O–H groups in total. The third kappa shape index (κ3) is 4.42. The number of imidazole rings is 1. The average Bonchev–Trinajstić information content (AvgIpc) is 3.31. The normalized spacial score (nSPS) is 22.3. The second-order valence-electron chi connectivity index (χ2n) is 8.72. The van der Waals surface area contributed by atoms with Crippen LogP contribution < -0.4 is 9.30 Å². The van der Waals surface area contributed by atoms with Crippen LogP contribution >= 0.6 is 22.6 Å². The number of β-lactam (4-membered cyclic amide) rings is 1. The van der Waals surface area contributed by atoms with Crippen molar-refractivity contribution < 1.29 is 29.1 Å². The predicted molar refractivity (Wildman–Crippen MR) is 128 cm³/mol. The van der Waals surface area contributed by atoms with Gasteiger partial charge in [0.25, 0.3) is 0 Å². The minimum atomic E-state index is -1.16. The number of nitrogens with zero attached hydrogens (tertiary/aromatic N) is 4. The van der Waals surface area contributed by atoms with Crippen LogP contribution in [0.25, 0.3) is 0 Å². The first kappa shape index (κ1) is 24.2. The number of aryl methyl sites for hydroxylation is 1. The fraction of sp³-hybridized carbons (Fsp3) is 0.417. The molecule has 2 aromatic rings. The number of hydrogen-bond donors (Lipinski definition) is 2. The van der Waals surface area contributed by atoms with Crippen molar-refractivity contribution in [3.8, 4) is 11.8 Å². The molecule has 0 spiro atoms. The van der Waals surface area contributed by atoms with Crippen molar-refractivity contribution in [2.45, 2.75) is 45.5 Å². The molecule has 1 saturated heterocycles. The Morgan fingerprint density at radius 2 is 2.18 bits per heavy atom. The Kier molecular flexibility index (Phi) is 6.95. The number of hydrogen-bond acceptors (Lipinski definition) is 5. The van der Waals surface area contributed by atoms with Crippen molar-refractivity contribution in [1.29, 1.82) is 5.26 Å². The molecule has 0 saturated carbocycles. The summed E-state index contributed by atoms with van der Waals surface area (Å²) < 4.78 is 10.9. The minimum Gasteiger partial charge on any atom is -0.488 e. The van der Waals surface area contributed by atoms with Crippen LogP contribution in [0, 0.1) is 26.7 Å². The maximum Gasteiger partial charge on any atom is 0.352 e. The van der Waals surface area contributed by atoms with Crippen molar-refractivity contribution >= 4 is 34.5 Å². The number of aliphatic hydroxyl groups excluding tert-OH is 1. The number of halogens is 1. The van der Waals surface area contributed by atoms with Crippen LogP contribution in [0.5, 0.6) is 5.75 Å². The van der Waals surface area contributed by atoms with Crippen molar-refractivity contribution in [1.82, 2.24) is 9.47 Å². The summed E-state index contributed by atoms with van der Waals surface area (Å²) in [6.07, 6.45) is 5.49. The van der Waals surface area contributed by atoms with Gasteiger partial charge in [-0.05, 0) is 47.2 Å². The number of fused-ring (bicyclic) bond motifs is 1. The van der Waals surface area contributed by atoms with Gasteiger partial charge in [0, 0.05) is 11.5 Å². The lowest BCUT2D eigenvalue weighted by Crippen LogP contribution is -2.63. The molecule has 4 atom stereocenters. The number of aliphatic hydroxyl groups is 1. The first-order valence-electron chi connectivity index (χ1n) is 11.0. The molecule has 10 heteroatoms. The number of rotatable bonds is 9. The van der Waals surface area contributed by atoms with E-state index in [1.165, 1.54) is 4.90 Å². The molecule has 0 bridgehead atoms. The van der Waals surface area contributed by atoms with Gasteiger partial charge >= 0.3 is 5.97 Å². The SMILES string of the molecule is CC(O)[C@H]1C(=O)N2C(C(=O)O)=C(COc3ccc(C[n+]4ccn(CCC#N)c4)cc3I)C(C)[C@H]12. The molecular weight excluding hydrogens is 551 g/mol. The molecule has 2 unspecified atom stereocenters. The topological polar surface area (TPSA) is 120 Å². The number of benzene rings is 1. The van der Waals surface area contributed by atoms with Crippen LogP contribution in [0.1, 0.15) is 25.8 Å². The number of nitriles is 1. The van der Waals surface area contributed by atoms with Crippen LogP contribution in [0.15, 0.2) is 48.2 Å². The van der Waals surface area contributed by atoms with Gasteiger partial charge in [-0.25, -0.2) is 13.9 Å². The molecule has 1 aromatic carbocycles. The van der Waals surface area contributed by atoms with E-state index in [-0.39, 0.29) is 30.2 Å². The summed E-state index contributed by atoms with van der Waals surface area (Å²) in [5, 5.41) is 28.5. The van der Waals surface area contributed by atoms with Crippen LogP contribution in [-0.2, 0) is 22.7 Å². The van der Waals surface area contributed by atoms with Gasteiger partial charge in [-0.15, -0.1) is 0 Å². The Balaban J connectivity index is 1.45. The quantitative estimate of drug-likeness (QED) is 0.267. The van der Waals surface area contributed by atoms with E-state index < -0.39 is 18.0 Å². The summed E-state index contributed by atoms with van der Waals surface area (Å²) in [4.78, 5) is 25.7. The highest BCUT2D eigenvalue weighted by atomic mass is 127. The number of amides is 1. The Labute approximate surface area is 211 Å². The zero-order valence-electron chi connectivity index (χ0n) is 18.9. The molecule has 2 aliphatic rings. The first-order chi connectivity index (χ1) is 16.2. The van der Waals surface area contributed by atoms with Crippen LogP contribution in [0.4, 0.5) is 0 Å². The Morgan fingerprint density at radius 1 is 1.41 bits per heavy atom. The van der Waals surface area contributed by atoms with Gasteiger partial charge in [0.1, 0.15) is 43.5 Å². The van der Waals surface area contributed by atoms with Gasteiger partial charge in [0.15, 0.2) is 0 Å². The van der Waals surface area contributed by atoms with Crippen LogP contribution in [-0.4, -0.2) is 50.3 Å². The summed E-state index contributed by atoms with van der Waals surface area (Å²) in [5.74, 6) is -1.68. The second kappa shape index (κ2) is 9.76. The van der Waals surface area contributed by atoms with E-state index in [0.717, 1.165) is 9.13 Å². The third-order valence-corrected chi connectivity index (χ3v) is 7.33. The molecule has 1 amide bonds. The predicted octanol–water partition coefficient (Wildman–Crippen LogP) is 1.92. The molecular formula is C24H26IN4O5+. The largest absolute Gasteiger partial charge is 0.488 e. The van der Waals surface area contributed by atoms with E-state index in [1.54, 1.807) is 6.92 Å². The summed E-state index contributed by atoms with van der Waals surface area (Å²) in [6.45, 7) is 4.82. The van der Waals surface area contributed by atoms with E-state index in [0.29, 0.717) is 30.8 Å². The lowest BCUT2D eigenvalue weighted by molar-refractivity contribution is -0.687. The molecule has 0 aliphatic carbocycles. The average molecular weight is 577 g/mol. The van der Waals surface area contributed by atoms with E-state index in [9.17, 15) is 19.8 Å². The zero-order valence-corrected chi connectivity index (χ0v) is 21.0. The molecule has 2 aliphatic heterocycles. The number of aliphatic carboxylic acids is 1. The third-order valence-electron chi connectivity index (χ3n) is 6.49. The van der Waals surface area contributed by atoms with Crippen molar-refractivity contribution in [3.05, 3.63) is 57.3 Å². The fourth-order valence-electron chi connectivity index (χ4n) is 4.80. The number of carboxylic acids is 1. The minimum absolute atomic E-state index is 0.0247. The standard InChI is InChI=1S/C24H25IN4O5/c1-14-17(22(24(32)33)29-21(14)20(15(2)30)23(29)31)12-34-19-5-4-16(10-18(19)25)11-28-9-8-27(13-28)7-3-6-26/h4-5,8-10,13-15,20-21,30H,3,7,11-12H2,1-2H3/p+1/t14?,15?,20-,21-/m1/s1. The van der Waals surface area contributed by atoms with Gasteiger partial charge in [0.2, 0.25) is 12.2 Å². The molecule has 3 heterocycles.